The van der Waals surface area contributed by atoms with E-state index >= 15 is 0 Å². The standard InChI is InChI=1S/C20H34N6O4/c1-4-8-25-9-6-20(15-21,7-10-25)24-17(27)16(3)22-18(23-19(28)30-5-2)26-11-13-29-14-12-26/h16H,4-14H2,1-3H3,(H,24,27)(H,22,23,28). The molecule has 2 aliphatic rings. The van der Waals surface area contributed by atoms with Crippen LogP contribution >= 0.6 is 0 Å². The highest BCUT2D eigenvalue weighted by atomic mass is 16.5. The summed E-state index contributed by atoms with van der Waals surface area (Å²) in [5, 5.41) is 15.3. The summed E-state index contributed by atoms with van der Waals surface area (Å²) < 4.78 is 10.3. The second-order valence-electron chi connectivity index (χ2n) is 7.60. The molecule has 2 heterocycles. The van der Waals surface area contributed by atoms with E-state index in [0.29, 0.717) is 39.1 Å². The van der Waals surface area contributed by atoms with Crippen LogP contribution in [0.25, 0.3) is 0 Å². The predicted octanol–water partition coefficient (Wildman–Crippen LogP) is 0.694. The van der Waals surface area contributed by atoms with E-state index in [1.165, 1.54) is 0 Å². The average Bonchev–Trinajstić information content (AvgIpc) is 2.75. The number of likely N-dealkylation sites (tertiary alicyclic amines) is 1. The second kappa shape index (κ2) is 11.7. The molecule has 0 aromatic heterocycles. The Balaban J connectivity index is 2.05. The highest BCUT2D eigenvalue weighted by molar-refractivity contribution is 5.95. The third-order valence-corrected chi connectivity index (χ3v) is 5.32. The number of nitrogens with one attached hydrogen (secondary N) is 2. The maximum absolute atomic E-state index is 12.8. The van der Waals surface area contributed by atoms with Crippen molar-refractivity contribution in [3.63, 3.8) is 0 Å². The Bertz CT molecular complexity index is 648. The second-order valence-corrected chi connectivity index (χ2v) is 7.60. The molecule has 168 valence electrons. The number of rotatable bonds is 6. The van der Waals surface area contributed by atoms with Gasteiger partial charge in [0.15, 0.2) is 0 Å². The molecule has 0 saturated carbocycles. The quantitative estimate of drug-likeness (QED) is 0.477. The highest BCUT2D eigenvalue weighted by Crippen LogP contribution is 2.22. The number of alkyl carbamates (subject to hydrolysis) is 1. The van der Waals surface area contributed by atoms with Crippen molar-refractivity contribution in [3.8, 4) is 6.07 Å². The lowest BCUT2D eigenvalue weighted by atomic mass is 9.88. The zero-order valence-corrected chi connectivity index (χ0v) is 18.3. The van der Waals surface area contributed by atoms with Gasteiger partial charge in [-0.3, -0.25) is 10.1 Å². The zero-order valence-electron chi connectivity index (χ0n) is 18.3. The normalized spacial score (nSPS) is 20.7. The minimum Gasteiger partial charge on any atom is -0.450 e. The molecule has 2 amide bonds. The monoisotopic (exact) mass is 422 g/mol. The van der Waals surface area contributed by atoms with E-state index < -0.39 is 17.7 Å². The van der Waals surface area contributed by atoms with Crippen molar-refractivity contribution < 1.29 is 19.1 Å². The van der Waals surface area contributed by atoms with Gasteiger partial charge in [-0.2, -0.15) is 5.26 Å². The van der Waals surface area contributed by atoms with Crippen LogP contribution < -0.4 is 10.6 Å². The first-order valence-electron chi connectivity index (χ1n) is 10.7. The number of hydrogen-bond acceptors (Lipinski definition) is 7. The summed E-state index contributed by atoms with van der Waals surface area (Å²) >= 11 is 0. The first-order chi connectivity index (χ1) is 14.4. The number of nitriles is 1. The van der Waals surface area contributed by atoms with Gasteiger partial charge in [-0.15, -0.1) is 0 Å². The molecule has 0 bridgehead atoms. The molecule has 2 fully saturated rings. The van der Waals surface area contributed by atoms with Gasteiger partial charge in [0.25, 0.3) is 0 Å². The number of nitrogens with zero attached hydrogens (tertiary/aromatic N) is 4. The molecule has 2 saturated heterocycles. The minimum atomic E-state index is -0.876. The summed E-state index contributed by atoms with van der Waals surface area (Å²) in [5.74, 6) is -0.0555. The first kappa shape index (κ1) is 23.9. The van der Waals surface area contributed by atoms with Crippen LogP contribution in [0.15, 0.2) is 4.99 Å². The maximum atomic E-state index is 12.8. The molecule has 30 heavy (non-hydrogen) atoms. The molecule has 2 aliphatic heterocycles. The Kier molecular flexibility index (Phi) is 9.33. The SMILES string of the molecule is CCCN1CCC(C#N)(NC(=O)C(C)N=C(NC(=O)OCC)N2CCOCC2)CC1. The third-order valence-electron chi connectivity index (χ3n) is 5.32. The van der Waals surface area contributed by atoms with Crippen LogP contribution in [0.5, 0.6) is 0 Å². The van der Waals surface area contributed by atoms with Crippen LogP contribution in [0, 0.1) is 11.3 Å². The average molecular weight is 423 g/mol. The number of hydrogen-bond donors (Lipinski definition) is 2. The van der Waals surface area contributed by atoms with Gasteiger partial charge in [-0.05, 0) is 39.7 Å². The van der Waals surface area contributed by atoms with E-state index in [1.54, 1.807) is 13.8 Å². The smallest absolute Gasteiger partial charge is 0.413 e. The van der Waals surface area contributed by atoms with Gasteiger partial charge in [-0.1, -0.05) is 6.92 Å². The third kappa shape index (κ3) is 6.85. The fourth-order valence-electron chi connectivity index (χ4n) is 3.55. The van der Waals surface area contributed by atoms with Crippen LogP contribution in [0.3, 0.4) is 0 Å². The lowest BCUT2D eigenvalue weighted by molar-refractivity contribution is -0.123. The molecule has 2 N–H and O–H groups in total. The number of guanidine groups is 1. The van der Waals surface area contributed by atoms with Crippen LogP contribution in [0.2, 0.25) is 0 Å². The minimum absolute atomic E-state index is 0.234. The Hall–Kier alpha value is -2.38. The van der Waals surface area contributed by atoms with Gasteiger partial charge in [0.2, 0.25) is 11.9 Å². The Labute approximate surface area is 178 Å². The van der Waals surface area contributed by atoms with E-state index in [4.69, 9.17) is 9.47 Å². The van der Waals surface area contributed by atoms with Gasteiger partial charge in [0, 0.05) is 26.2 Å². The number of amides is 2. The number of aliphatic imine (C=N–C) groups is 1. The van der Waals surface area contributed by atoms with E-state index in [-0.39, 0.29) is 18.5 Å². The van der Waals surface area contributed by atoms with E-state index in [1.807, 2.05) is 4.90 Å². The van der Waals surface area contributed by atoms with Gasteiger partial charge < -0.3 is 24.6 Å². The maximum Gasteiger partial charge on any atom is 0.413 e. The molecule has 2 rings (SSSR count). The van der Waals surface area contributed by atoms with Crippen molar-refractivity contribution in [2.45, 2.75) is 51.6 Å². The number of carbonyl (C=O) groups is 2. The highest BCUT2D eigenvalue weighted by Gasteiger charge is 2.37. The summed E-state index contributed by atoms with van der Waals surface area (Å²) in [6.07, 6.45) is 1.62. The topological polar surface area (TPSA) is 119 Å². The molecule has 1 unspecified atom stereocenters. The molecular weight excluding hydrogens is 388 g/mol. The van der Waals surface area contributed by atoms with Crippen molar-refractivity contribution in [2.24, 2.45) is 4.99 Å². The van der Waals surface area contributed by atoms with E-state index in [2.05, 4.69) is 33.5 Å². The van der Waals surface area contributed by atoms with Crippen molar-refractivity contribution >= 4 is 18.0 Å². The Morgan fingerprint density at radius 2 is 1.90 bits per heavy atom. The number of morpholine rings is 1. The van der Waals surface area contributed by atoms with Gasteiger partial charge >= 0.3 is 6.09 Å². The summed E-state index contributed by atoms with van der Waals surface area (Å²) in [5.41, 5.74) is -0.876. The zero-order chi connectivity index (χ0) is 22.0. The largest absolute Gasteiger partial charge is 0.450 e. The molecule has 1 atom stereocenters. The Morgan fingerprint density at radius 1 is 1.23 bits per heavy atom. The molecule has 10 nitrogen and oxygen atoms in total. The molecule has 0 aliphatic carbocycles. The number of carbonyl (C=O) groups excluding carboxylic acids is 2. The summed E-state index contributed by atoms with van der Waals surface area (Å²) in [6.45, 7) is 10.4. The predicted molar refractivity (Wildman–Crippen MR) is 112 cm³/mol. The van der Waals surface area contributed by atoms with Crippen LogP contribution in [0.1, 0.15) is 40.0 Å². The van der Waals surface area contributed by atoms with Crippen LogP contribution in [-0.4, -0.2) is 91.9 Å². The summed E-state index contributed by atoms with van der Waals surface area (Å²) in [4.78, 5) is 33.4. The van der Waals surface area contributed by atoms with Crippen LogP contribution in [-0.2, 0) is 14.3 Å². The van der Waals surface area contributed by atoms with Crippen molar-refractivity contribution in [1.29, 1.82) is 5.26 Å². The number of ether oxygens (including phenoxy) is 2. The fraction of sp³-hybridized carbons (Fsp3) is 0.800. The summed E-state index contributed by atoms with van der Waals surface area (Å²) in [6, 6.07) is 1.53. The van der Waals surface area contributed by atoms with Crippen molar-refractivity contribution in [1.82, 2.24) is 20.4 Å². The lowest BCUT2D eigenvalue weighted by Gasteiger charge is -2.38. The van der Waals surface area contributed by atoms with Crippen molar-refractivity contribution in [2.75, 3.05) is 52.5 Å². The fourth-order valence-corrected chi connectivity index (χ4v) is 3.55. The van der Waals surface area contributed by atoms with Crippen LogP contribution in [0.4, 0.5) is 4.79 Å². The van der Waals surface area contributed by atoms with Gasteiger partial charge in [-0.25, -0.2) is 9.79 Å². The molecule has 10 heteroatoms. The Morgan fingerprint density at radius 3 is 2.47 bits per heavy atom. The molecule has 0 radical (unpaired) electrons. The van der Waals surface area contributed by atoms with Gasteiger partial charge in [0.1, 0.15) is 11.6 Å². The number of piperidine rings is 1. The van der Waals surface area contributed by atoms with Gasteiger partial charge in [0.05, 0.1) is 25.9 Å². The molecule has 0 aromatic carbocycles. The molecular formula is C20H34N6O4. The van der Waals surface area contributed by atoms with E-state index in [9.17, 15) is 14.9 Å². The van der Waals surface area contributed by atoms with Crippen molar-refractivity contribution in [3.05, 3.63) is 0 Å². The summed E-state index contributed by atoms with van der Waals surface area (Å²) in [7, 11) is 0. The first-order valence-corrected chi connectivity index (χ1v) is 10.7. The van der Waals surface area contributed by atoms with E-state index in [0.717, 1.165) is 26.1 Å². The lowest BCUT2D eigenvalue weighted by Crippen LogP contribution is -2.56. The molecule has 0 spiro atoms. The molecule has 0 aromatic rings.